The zero-order valence-electron chi connectivity index (χ0n) is 16.9. The number of hydrogen-bond acceptors (Lipinski definition) is 6. The maximum absolute atomic E-state index is 12.6. The van der Waals surface area contributed by atoms with Crippen LogP contribution in [0, 0.1) is 6.92 Å². The van der Waals surface area contributed by atoms with Crippen molar-refractivity contribution in [2.45, 2.75) is 32.6 Å². The van der Waals surface area contributed by atoms with Crippen LogP contribution in [-0.2, 0) is 10.0 Å². The number of rotatable bonds is 10. The van der Waals surface area contributed by atoms with Crippen LogP contribution in [0.25, 0.3) is 0 Å². The van der Waals surface area contributed by atoms with E-state index in [-0.39, 0.29) is 10.5 Å². The van der Waals surface area contributed by atoms with Crippen LogP contribution in [0.1, 0.15) is 36.7 Å². The lowest BCUT2D eigenvalue weighted by molar-refractivity contribution is 0.0944. The quantitative estimate of drug-likeness (QED) is 0.571. The Hall–Kier alpha value is -2.78. The first-order valence-corrected chi connectivity index (χ1v) is 10.8. The molecule has 1 amide bonds. The van der Waals surface area contributed by atoms with Crippen LogP contribution >= 0.6 is 0 Å². The molecule has 158 valence electrons. The predicted molar refractivity (Wildman–Crippen MR) is 109 cm³/mol. The van der Waals surface area contributed by atoms with Crippen molar-refractivity contribution < 1.29 is 27.4 Å². The van der Waals surface area contributed by atoms with E-state index in [1.807, 2.05) is 13.8 Å². The van der Waals surface area contributed by atoms with Crippen LogP contribution < -0.4 is 24.5 Å². The van der Waals surface area contributed by atoms with Gasteiger partial charge in [-0.15, -0.1) is 4.83 Å². The van der Waals surface area contributed by atoms with Crippen LogP contribution in [0.2, 0.25) is 0 Å². The van der Waals surface area contributed by atoms with Gasteiger partial charge in [-0.2, -0.15) is 0 Å². The van der Waals surface area contributed by atoms with Gasteiger partial charge in [0, 0.05) is 5.56 Å². The third-order valence-corrected chi connectivity index (χ3v) is 5.07. The first-order valence-electron chi connectivity index (χ1n) is 9.27. The Labute approximate surface area is 171 Å². The Bertz CT molecular complexity index is 915. The van der Waals surface area contributed by atoms with E-state index in [4.69, 9.17) is 14.2 Å². The summed E-state index contributed by atoms with van der Waals surface area (Å²) < 4.78 is 41.5. The zero-order valence-corrected chi connectivity index (χ0v) is 17.8. The number of sulfonamides is 1. The van der Waals surface area contributed by atoms with Crippen molar-refractivity contribution in [2.24, 2.45) is 0 Å². The fraction of sp³-hybridized carbons (Fsp3) is 0.350. The molecule has 0 bridgehead atoms. The molecule has 0 saturated heterocycles. The molecule has 0 fully saturated rings. The van der Waals surface area contributed by atoms with Crippen molar-refractivity contribution >= 4 is 15.9 Å². The number of nitrogens with one attached hydrogen (secondary N) is 2. The molecule has 2 aromatic carbocycles. The smallest absolute Gasteiger partial charge is 0.266 e. The maximum Gasteiger partial charge on any atom is 0.266 e. The average Bonchev–Trinajstić information content (AvgIpc) is 2.69. The van der Waals surface area contributed by atoms with Crippen LogP contribution in [0.4, 0.5) is 0 Å². The molecule has 0 unspecified atom stereocenters. The van der Waals surface area contributed by atoms with Gasteiger partial charge >= 0.3 is 0 Å². The van der Waals surface area contributed by atoms with Crippen LogP contribution in [0.5, 0.6) is 17.2 Å². The molecule has 0 radical (unpaired) electrons. The van der Waals surface area contributed by atoms with Gasteiger partial charge < -0.3 is 14.2 Å². The van der Waals surface area contributed by atoms with E-state index in [1.165, 1.54) is 24.3 Å². The van der Waals surface area contributed by atoms with Crippen molar-refractivity contribution in [1.29, 1.82) is 0 Å². The third-order valence-electron chi connectivity index (χ3n) is 3.80. The van der Waals surface area contributed by atoms with Gasteiger partial charge in [0.25, 0.3) is 15.9 Å². The molecule has 0 heterocycles. The largest absolute Gasteiger partial charge is 0.490 e. The van der Waals surface area contributed by atoms with Gasteiger partial charge in [0.05, 0.1) is 24.7 Å². The first-order chi connectivity index (χ1) is 13.8. The number of amides is 1. The number of hydrazine groups is 1. The standard InChI is InChI=1S/C20H26N2O6S/c1-5-26-17-12-15(13-18(27-6-2)19(17)28-7-3)20(23)21-22-29(24,25)16-10-8-14(4)9-11-16/h8-13,22H,5-7H2,1-4H3,(H,21,23). The highest BCUT2D eigenvalue weighted by Gasteiger charge is 2.20. The fourth-order valence-corrected chi connectivity index (χ4v) is 3.32. The van der Waals surface area contributed by atoms with E-state index in [1.54, 1.807) is 26.0 Å². The molecule has 29 heavy (non-hydrogen) atoms. The van der Waals surface area contributed by atoms with Crippen LogP contribution in [-0.4, -0.2) is 34.1 Å². The van der Waals surface area contributed by atoms with Gasteiger partial charge in [-0.3, -0.25) is 10.2 Å². The van der Waals surface area contributed by atoms with Gasteiger partial charge in [0.15, 0.2) is 11.5 Å². The van der Waals surface area contributed by atoms with Crippen LogP contribution in [0.15, 0.2) is 41.3 Å². The van der Waals surface area contributed by atoms with Gasteiger partial charge in [0.1, 0.15) is 0 Å². The lowest BCUT2D eigenvalue weighted by Crippen LogP contribution is -2.41. The fourth-order valence-electron chi connectivity index (χ4n) is 2.48. The number of hydrogen-bond donors (Lipinski definition) is 2. The summed E-state index contributed by atoms with van der Waals surface area (Å²) in [7, 11) is -3.91. The normalized spacial score (nSPS) is 11.0. The summed E-state index contributed by atoms with van der Waals surface area (Å²) in [6, 6.07) is 9.22. The molecular formula is C20H26N2O6S. The second-order valence-corrected chi connectivity index (χ2v) is 7.66. The summed E-state index contributed by atoms with van der Waals surface area (Å²) >= 11 is 0. The molecule has 8 nitrogen and oxygen atoms in total. The molecule has 2 rings (SSSR count). The molecule has 0 aromatic heterocycles. The molecule has 0 saturated carbocycles. The summed E-state index contributed by atoms with van der Waals surface area (Å²) in [6.07, 6.45) is 0. The highest BCUT2D eigenvalue weighted by Crippen LogP contribution is 2.39. The Morgan fingerprint density at radius 1 is 0.897 bits per heavy atom. The number of carbonyl (C=O) groups excluding carboxylic acids is 1. The molecule has 0 aliphatic rings. The predicted octanol–water partition coefficient (Wildman–Crippen LogP) is 2.81. The number of carbonyl (C=O) groups is 1. The molecule has 0 atom stereocenters. The van der Waals surface area contributed by atoms with Crippen molar-refractivity contribution in [3.63, 3.8) is 0 Å². The minimum absolute atomic E-state index is 0.0418. The second kappa shape index (κ2) is 10.1. The Morgan fingerprint density at radius 2 is 1.41 bits per heavy atom. The SMILES string of the molecule is CCOc1cc(C(=O)NNS(=O)(=O)c2ccc(C)cc2)cc(OCC)c1OCC. The highest BCUT2D eigenvalue weighted by molar-refractivity contribution is 7.89. The summed E-state index contributed by atoms with van der Waals surface area (Å²) in [4.78, 5) is 14.7. The number of benzene rings is 2. The van der Waals surface area contributed by atoms with E-state index in [0.717, 1.165) is 5.56 Å². The number of aryl methyl sites for hydroxylation is 1. The van der Waals surface area contributed by atoms with E-state index in [0.29, 0.717) is 37.1 Å². The average molecular weight is 423 g/mol. The first kappa shape index (κ1) is 22.5. The summed E-state index contributed by atoms with van der Waals surface area (Å²) in [5.74, 6) is 0.414. The Kier molecular flexibility index (Phi) is 7.86. The monoisotopic (exact) mass is 422 g/mol. The summed E-state index contributed by atoms with van der Waals surface area (Å²) in [5.41, 5.74) is 3.30. The topological polar surface area (TPSA) is 103 Å². The molecule has 0 aliphatic carbocycles. The molecule has 2 aromatic rings. The summed E-state index contributed by atoms with van der Waals surface area (Å²) in [5, 5.41) is 0. The Morgan fingerprint density at radius 3 is 1.90 bits per heavy atom. The Balaban J connectivity index is 2.26. The van der Waals surface area contributed by atoms with E-state index >= 15 is 0 Å². The molecule has 0 spiro atoms. The van der Waals surface area contributed by atoms with Gasteiger partial charge in [-0.25, -0.2) is 8.42 Å². The lowest BCUT2D eigenvalue weighted by Gasteiger charge is -2.17. The molecule has 0 aliphatic heterocycles. The van der Waals surface area contributed by atoms with Crippen molar-refractivity contribution in [2.75, 3.05) is 19.8 Å². The maximum atomic E-state index is 12.6. The van der Waals surface area contributed by atoms with Gasteiger partial charge in [-0.05, 0) is 52.0 Å². The minimum atomic E-state index is -3.91. The third kappa shape index (κ3) is 5.85. The van der Waals surface area contributed by atoms with Gasteiger partial charge in [-0.1, -0.05) is 17.7 Å². The lowest BCUT2D eigenvalue weighted by atomic mass is 10.1. The molecule has 9 heteroatoms. The van der Waals surface area contributed by atoms with Crippen molar-refractivity contribution in [1.82, 2.24) is 10.3 Å². The van der Waals surface area contributed by atoms with Crippen molar-refractivity contribution in [3.8, 4) is 17.2 Å². The second-order valence-electron chi connectivity index (χ2n) is 5.97. The van der Waals surface area contributed by atoms with Gasteiger partial charge in [0.2, 0.25) is 5.75 Å². The van der Waals surface area contributed by atoms with E-state index in [9.17, 15) is 13.2 Å². The van der Waals surface area contributed by atoms with E-state index < -0.39 is 15.9 Å². The number of ether oxygens (including phenoxy) is 3. The highest BCUT2D eigenvalue weighted by atomic mass is 32.2. The molecule has 2 N–H and O–H groups in total. The van der Waals surface area contributed by atoms with Crippen LogP contribution in [0.3, 0.4) is 0 Å². The minimum Gasteiger partial charge on any atom is -0.490 e. The summed E-state index contributed by atoms with van der Waals surface area (Å²) in [6.45, 7) is 8.39. The molecular weight excluding hydrogens is 396 g/mol. The van der Waals surface area contributed by atoms with Crippen molar-refractivity contribution in [3.05, 3.63) is 47.5 Å². The van der Waals surface area contributed by atoms with E-state index in [2.05, 4.69) is 10.3 Å². The zero-order chi connectivity index (χ0) is 21.4.